The first kappa shape index (κ1) is 19.6. The molecule has 0 N–H and O–H groups in total. The number of unbranched alkanes of at least 4 members (excludes halogenated alkanes) is 1. The molecule has 5 heteroatoms. The van der Waals surface area contributed by atoms with Crippen LogP contribution in [0.15, 0.2) is 51.7 Å². The second-order valence-corrected chi connectivity index (χ2v) is 8.30. The average molecular weight is 407 g/mol. The van der Waals surface area contributed by atoms with Gasteiger partial charge in [0, 0.05) is 30.2 Å². The fourth-order valence-electron chi connectivity index (χ4n) is 3.66. The van der Waals surface area contributed by atoms with E-state index in [1.165, 1.54) is 18.4 Å². The maximum absolute atomic E-state index is 12.7. The van der Waals surface area contributed by atoms with Gasteiger partial charge < -0.3 is 9.32 Å². The molecule has 0 spiro atoms. The van der Waals surface area contributed by atoms with Crippen molar-refractivity contribution >= 4 is 38.2 Å². The molecule has 2 aromatic carbocycles. The Morgan fingerprint density at radius 2 is 1.86 bits per heavy atom. The largest absolute Gasteiger partial charge is 0.422 e. The molecular formula is C24H26N2O2S. The molecule has 150 valence electrons. The van der Waals surface area contributed by atoms with Crippen LogP contribution in [0.1, 0.15) is 39.2 Å². The van der Waals surface area contributed by atoms with Crippen LogP contribution in [0.25, 0.3) is 31.8 Å². The van der Waals surface area contributed by atoms with Gasteiger partial charge in [-0.05, 0) is 62.6 Å². The van der Waals surface area contributed by atoms with E-state index in [1.807, 2.05) is 18.2 Å². The van der Waals surface area contributed by atoms with E-state index in [9.17, 15) is 4.79 Å². The molecule has 0 aliphatic rings. The predicted octanol–water partition coefficient (Wildman–Crippen LogP) is 6.26. The Bertz CT molecular complexity index is 1200. The zero-order valence-corrected chi connectivity index (χ0v) is 18.0. The maximum Gasteiger partial charge on any atom is 0.346 e. The van der Waals surface area contributed by atoms with E-state index < -0.39 is 0 Å². The minimum Gasteiger partial charge on any atom is -0.422 e. The van der Waals surface area contributed by atoms with Gasteiger partial charge in [0.05, 0.1) is 15.8 Å². The van der Waals surface area contributed by atoms with E-state index in [1.54, 1.807) is 11.3 Å². The van der Waals surface area contributed by atoms with Gasteiger partial charge in [0.25, 0.3) is 0 Å². The predicted molar refractivity (Wildman–Crippen MR) is 123 cm³/mol. The number of hydrogen-bond acceptors (Lipinski definition) is 5. The molecular weight excluding hydrogens is 380 g/mol. The zero-order valence-electron chi connectivity index (χ0n) is 17.2. The molecule has 0 atom stereocenters. The molecule has 0 fully saturated rings. The van der Waals surface area contributed by atoms with E-state index >= 15 is 0 Å². The Hall–Kier alpha value is -2.66. The second kappa shape index (κ2) is 8.37. The van der Waals surface area contributed by atoms with Crippen LogP contribution >= 0.6 is 11.3 Å². The summed E-state index contributed by atoms with van der Waals surface area (Å²) in [5.74, 6) is 0. The van der Waals surface area contributed by atoms with Crippen molar-refractivity contribution in [3.8, 4) is 10.6 Å². The quantitative estimate of drug-likeness (QED) is 0.340. The summed E-state index contributed by atoms with van der Waals surface area (Å²) in [6, 6.07) is 14.4. The highest BCUT2D eigenvalue weighted by molar-refractivity contribution is 7.21. The number of fused-ring (bicyclic) bond motifs is 2. The van der Waals surface area contributed by atoms with Gasteiger partial charge in [0.2, 0.25) is 0 Å². The highest BCUT2D eigenvalue weighted by Crippen LogP contribution is 2.31. The Morgan fingerprint density at radius 3 is 2.62 bits per heavy atom. The van der Waals surface area contributed by atoms with Crippen LogP contribution in [0.4, 0.5) is 5.69 Å². The van der Waals surface area contributed by atoms with Crippen molar-refractivity contribution in [2.45, 2.75) is 40.0 Å². The minimum atomic E-state index is -0.334. The van der Waals surface area contributed by atoms with Gasteiger partial charge in [-0.15, -0.1) is 11.3 Å². The van der Waals surface area contributed by atoms with Crippen LogP contribution in [-0.4, -0.2) is 18.1 Å². The Balaban J connectivity index is 1.74. The SMILES string of the molecule is CCCCc1ccc2sc(-c3cc4ccc(N(CC)CC)cc4oc3=O)nc2c1. The summed E-state index contributed by atoms with van der Waals surface area (Å²) >= 11 is 1.54. The molecule has 0 radical (unpaired) electrons. The fourth-order valence-corrected chi connectivity index (χ4v) is 4.61. The minimum absolute atomic E-state index is 0.334. The average Bonchev–Trinajstić information content (AvgIpc) is 3.15. The normalized spacial score (nSPS) is 11.4. The summed E-state index contributed by atoms with van der Waals surface area (Å²) in [5.41, 5.74) is 4.13. The van der Waals surface area contributed by atoms with Crippen molar-refractivity contribution in [2.75, 3.05) is 18.0 Å². The highest BCUT2D eigenvalue weighted by Gasteiger charge is 2.14. The molecule has 29 heavy (non-hydrogen) atoms. The van der Waals surface area contributed by atoms with Crippen LogP contribution in [-0.2, 0) is 6.42 Å². The van der Waals surface area contributed by atoms with E-state index in [2.05, 4.69) is 49.9 Å². The van der Waals surface area contributed by atoms with Crippen molar-refractivity contribution in [3.05, 3.63) is 58.4 Å². The van der Waals surface area contributed by atoms with Gasteiger partial charge in [-0.3, -0.25) is 0 Å². The number of anilines is 1. The summed E-state index contributed by atoms with van der Waals surface area (Å²) < 4.78 is 6.78. The fraction of sp³-hybridized carbons (Fsp3) is 0.333. The van der Waals surface area contributed by atoms with Crippen LogP contribution in [0.2, 0.25) is 0 Å². The third kappa shape index (κ3) is 3.92. The summed E-state index contributed by atoms with van der Waals surface area (Å²) in [4.78, 5) is 19.7. The Morgan fingerprint density at radius 1 is 1.03 bits per heavy atom. The topological polar surface area (TPSA) is 46.3 Å². The monoisotopic (exact) mass is 406 g/mol. The first-order valence-corrected chi connectivity index (χ1v) is 11.2. The number of aromatic nitrogens is 1. The summed E-state index contributed by atoms with van der Waals surface area (Å²) in [5, 5.41) is 1.63. The lowest BCUT2D eigenvalue weighted by Gasteiger charge is -2.20. The summed E-state index contributed by atoms with van der Waals surface area (Å²) in [6.45, 7) is 8.26. The van der Waals surface area contributed by atoms with Gasteiger partial charge in [0.1, 0.15) is 10.6 Å². The molecule has 0 saturated heterocycles. The van der Waals surface area contributed by atoms with Crippen LogP contribution < -0.4 is 10.5 Å². The van der Waals surface area contributed by atoms with Crippen LogP contribution in [0, 0.1) is 0 Å². The van der Waals surface area contributed by atoms with E-state index in [4.69, 9.17) is 9.40 Å². The molecule has 0 aliphatic heterocycles. The molecule has 4 nitrogen and oxygen atoms in total. The molecule has 2 heterocycles. The van der Waals surface area contributed by atoms with E-state index in [0.717, 1.165) is 45.8 Å². The van der Waals surface area contributed by atoms with Crippen molar-refractivity contribution in [2.24, 2.45) is 0 Å². The first-order chi connectivity index (χ1) is 14.1. The molecule has 4 aromatic rings. The Labute approximate surface area is 174 Å². The number of aryl methyl sites for hydroxylation is 1. The lowest BCUT2D eigenvalue weighted by atomic mass is 10.1. The lowest BCUT2D eigenvalue weighted by Crippen LogP contribution is -2.21. The van der Waals surface area contributed by atoms with Crippen molar-refractivity contribution in [3.63, 3.8) is 0 Å². The van der Waals surface area contributed by atoms with E-state index in [-0.39, 0.29) is 5.63 Å². The molecule has 0 unspecified atom stereocenters. The maximum atomic E-state index is 12.7. The highest BCUT2D eigenvalue weighted by atomic mass is 32.1. The summed E-state index contributed by atoms with van der Waals surface area (Å²) in [7, 11) is 0. The van der Waals surface area contributed by atoms with Crippen molar-refractivity contribution in [1.29, 1.82) is 0 Å². The lowest BCUT2D eigenvalue weighted by molar-refractivity contribution is 0.563. The van der Waals surface area contributed by atoms with Crippen LogP contribution in [0.5, 0.6) is 0 Å². The number of hydrogen-bond donors (Lipinski definition) is 0. The first-order valence-electron chi connectivity index (χ1n) is 10.4. The smallest absolute Gasteiger partial charge is 0.346 e. The summed E-state index contributed by atoms with van der Waals surface area (Å²) in [6.07, 6.45) is 3.41. The molecule has 0 saturated carbocycles. The molecule has 0 bridgehead atoms. The van der Waals surface area contributed by atoms with Gasteiger partial charge in [-0.2, -0.15) is 0 Å². The van der Waals surface area contributed by atoms with E-state index in [0.29, 0.717) is 11.1 Å². The second-order valence-electron chi connectivity index (χ2n) is 7.27. The molecule has 0 amide bonds. The van der Waals surface area contributed by atoms with Crippen molar-refractivity contribution < 1.29 is 4.42 Å². The van der Waals surface area contributed by atoms with Crippen molar-refractivity contribution in [1.82, 2.24) is 4.98 Å². The number of thiazole rings is 1. The van der Waals surface area contributed by atoms with Gasteiger partial charge in [0.15, 0.2) is 0 Å². The number of rotatable bonds is 7. The standard InChI is InChI=1S/C24H26N2O2S/c1-4-7-8-16-9-12-22-20(13-16)25-23(29-22)19-14-17-10-11-18(26(5-2)6-3)15-21(17)28-24(19)27/h9-15H,4-8H2,1-3H3. The zero-order chi connectivity index (χ0) is 20.4. The van der Waals surface area contributed by atoms with Gasteiger partial charge >= 0.3 is 5.63 Å². The van der Waals surface area contributed by atoms with Gasteiger partial charge in [-0.1, -0.05) is 19.4 Å². The molecule has 4 rings (SSSR count). The van der Waals surface area contributed by atoms with Gasteiger partial charge in [-0.25, -0.2) is 9.78 Å². The molecule has 0 aliphatic carbocycles. The molecule has 2 aromatic heterocycles. The number of benzene rings is 2. The number of nitrogens with zero attached hydrogens (tertiary/aromatic N) is 2. The Kier molecular flexibility index (Phi) is 5.67. The third-order valence-electron chi connectivity index (χ3n) is 5.35. The van der Waals surface area contributed by atoms with Crippen LogP contribution in [0.3, 0.4) is 0 Å². The third-order valence-corrected chi connectivity index (χ3v) is 6.42.